The first-order valence-electron chi connectivity index (χ1n) is 6.82. The molecule has 1 aliphatic heterocycles. The maximum absolute atomic E-state index is 10.8. The van der Waals surface area contributed by atoms with E-state index in [1.54, 1.807) is 6.07 Å². The predicted octanol–water partition coefficient (Wildman–Crippen LogP) is 1.62. The van der Waals surface area contributed by atoms with E-state index >= 15 is 0 Å². The molecule has 6 heteroatoms. The molecule has 1 unspecified atom stereocenters. The van der Waals surface area contributed by atoms with Crippen LogP contribution in [-0.2, 0) is 6.61 Å². The highest BCUT2D eigenvalue weighted by molar-refractivity contribution is 5.57. The Bertz CT molecular complexity index is 493. The minimum atomic E-state index is -0.437. The fraction of sp³-hybridized carbons (Fsp3) is 0.571. The van der Waals surface area contributed by atoms with Gasteiger partial charge in [0.2, 0.25) is 0 Å². The largest absolute Gasteiger partial charge is 0.392 e. The van der Waals surface area contributed by atoms with Gasteiger partial charge in [-0.1, -0.05) is 0 Å². The van der Waals surface area contributed by atoms with Gasteiger partial charge in [0.15, 0.2) is 0 Å². The molecule has 1 fully saturated rings. The number of aliphatic hydroxyl groups is 1. The van der Waals surface area contributed by atoms with E-state index in [0.717, 1.165) is 18.8 Å². The number of rotatable bonds is 5. The van der Waals surface area contributed by atoms with Gasteiger partial charge in [-0.3, -0.25) is 10.1 Å². The van der Waals surface area contributed by atoms with E-state index in [2.05, 4.69) is 16.8 Å². The van der Waals surface area contributed by atoms with Gasteiger partial charge in [0, 0.05) is 43.0 Å². The summed E-state index contributed by atoms with van der Waals surface area (Å²) in [6.45, 7) is 1.79. The first kappa shape index (κ1) is 14.7. The van der Waals surface area contributed by atoms with E-state index in [9.17, 15) is 15.2 Å². The van der Waals surface area contributed by atoms with Crippen LogP contribution in [0.1, 0.15) is 18.4 Å². The summed E-state index contributed by atoms with van der Waals surface area (Å²) in [4.78, 5) is 14.7. The van der Waals surface area contributed by atoms with Crippen LogP contribution < -0.4 is 4.90 Å². The molecule has 0 radical (unpaired) electrons. The van der Waals surface area contributed by atoms with Crippen LogP contribution in [0.2, 0.25) is 0 Å². The molecule has 1 N–H and O–H groups in total. The molecule has 110 valence electrons. The molecule has 6 nitrogen and oxygen atoms in total. The predicted molar refractivity (Wildman–Crippen MR) is 77.9 cm³/mol. The van der Waals surface area contributed by atoms with Gasteiger partial charge < -0.3 is 14.9 Å². The zero-order valence-electron chi connectivity index (χ0n) is 12.0. The van der Waals surface area contributed by atoms with Gasteiger partial charge in [-0.05, 0) is 32.5 Å². The van der Waals surface area contributed by atoms with E-state index in [4.69, 9.17) is 0 Å². The van der Waals surface area contributed by atoms with Gasteiger partial charge in [0.25, 0.3) is 5.69 Å². The molecule has 0 amide bonds. The standard InChI is InChI=1S/C14H21N3O3/c1-15-7-3-4-13(15)9-16(2)14-6-5-12(17(19)20)8-11(14)10-18/h5-6,8,13,18H,3-4,7,9-10H2,1-2H3. The Morgan fingerprint density at radius 1 is 1.55 bits per heavy atom. The van der Waals surface area contributed by atoms with E-state index in [0.29, 0.717) is 11.6 Å². The van der Waals surface area contributed by atoms with Crippen LogP contribution in [0.15, 0.2) is 18.2 Å². The zero-order chi connectivity index (χ0) is 14.7. The molecule has 0 spiro atoms. The molecule has 20 heavy (non-hydrogen) atoms. The van der Waals surface area contributed by atoms with Crippen molar-refractivity contribution >= 4 is 11.4 Å². The summed E-state index contributed by atoms with van der Waals surface area (Å²) in [6.07, 6.45) is 2.38. The molecule has 1 aromatic carbocycles. The Morgan fingerprint density at radius 3 is 2.85 bits per heavy atom. The normalized spacial score (nSPS) is 19.2. The number of anilines is 1. The summed E-state index contributed by atoms with van der Waals surface area (Å²) in [5.74, 6) is 0. The number of benzene rings is 1. The number of likely N-dealkylation sites (N-methyl/N-ethyl adjacent to an activating group) is 2. The molecule has 0 saturated carbocycles. The molecule has 1 aliphatic rings. The second-order valence-electron chi connectivity index (χ2n) is 5.39. The minimum Gasteiger partial charge on any atom is -0.392 e. The van der Waals surface area contributed by atoms with Gasteiger partial charge in [-0.25, -0.2) is 0 Å². The molecule has 1 atom stereocenters. The third-order valence-corrected chi connectivity index (χ3v) is 4.01. The third kappa shape index (κ3) is 3.08. The summed E-state index contributed by atoms with van der Waals surface area (Å²) in [6, 6.07) is 5.16. The fourth-order valence-corrected chi connectivity index (χ4v) is 2.81. The van der Waals surface area contributed by atoms with E-state index in [-0.39, 0.29) is 12.3 Å². The summed E-state index contributed by atoms with van der Waals surface area (Å²) in [5.41, 5.74) is 1.48. The molecule has 0 aliphatic carbocycles. The minimum absolute atomic E-state index is 0.0178. The molecule has 0 aromatic heterocycles. The Balaban J connectivity index is 2.16. The summed E-state index contributed by atoms with van der Waals surface area (Å²) in [7, 11) is 4.08. The molecule has 1 heterocycles. The van der Waals surface area contributed by atoms with Crippen LogP contribution in [0, 0.1) is 10.1 Å². The van der Waals surface area contributed by atoms with Crippen LogP contribution in [0.3, 0.4) is 0 Å². The van der Waals surface area contributed by atoms with Gasteiger partial charge in [0.1, 0.15) is 0 Å². The van der Waals surface area contributed by atoms with Crippen LogP contribution in [0.5, 0.6) is 0 Å². The average molecular weight is 279 g/mol. The number of hydrogen-bond acceptors (Lipinski definition) is 5. The number of hydrogen-bond donors (Lipinski definition) is 1. The highest BCUT2D eigenvalue weighted by Crippen LogP contribution is 2.26. The summed E-state index contributed by atoms with van der Waals surface area (Å²) < 4.78 is 0. The van der Waals surface area contributed by atoms with Crippen molar-refractivity contribution in [2.24, 2.45) is 0 Å². The SMILES string of the molecule is CN(CC1CCCN1C)c1ccc([N+](=O)[O-])cc1CO. The maximum atomic E-state index is 10.8. The molecule has 2 rings (SSSR count). The Kier molecular flexibility index (Phi) is 4.57. The molecule has 1 aromatic rings. The van der Waals surface area contributed by atoms with Gasteiger partial charge in [-0.15, -0.1) is 0 Å². The van der Waals surface area contributed by atoms with E-state index in [1.807, 2.05) is 7.05 Å². The second-order valence-corrected chi connectivity index (χ2v) is 5.39. The highest BCUT2D eigenvalue weighted by atomic mass is 16.6. The Labute approximate surface area is 118 Å². The molecule has 1 saturated heterocycles. The van der Waals surface area contributed by atoms with Crippen LogP contribution in [0.25, 0.3) is 0 Å². The van der Waals surface area contributed by atoms with Crippen molar-refractivity contribution < 1.29 is 10.0 Å². The highest BCUT2D eigenvalue weighted by Gasteiger charge is 2.23. The lowest BCUT2D eigenvalue weighted by Gasteiger charge is -2.28. The lowest BCUT2D eigenvalue weighted by molar-refractivity contribution is -0.384. The average Bonchev–Trinajstić information content (AvgIpc) is 2.83. The van der Waals surface area contributed by atoms with Crippen molar-refractivity contribution in [3.05, 3.63) is 33.9 Å². The summed E-state index contributed by atoms with van der Waals surface area (Å²) in [5, 5.41) is 20.2. The monoisotopic (exact) mass is 279 g/mol. The van der Waals surface area contributed by atoms with Crippen molar-refractivity contribution in [3.8, 4) is 0 Å². The smallest absolute Gasteiger partial charge is 0.269 e. The van der Waals surface area contributed by atoms with E-state index < -0.39 is 4.92 Å². The van der Waals surface area contributed by atoms with Crippen LogP contribution in [0.4, 0.5) is 11.4 Å². The number of nitro benzene ring substituents is 1. The lowest BCUT2D eigenvalue weighted by atomic mass is 10.1. The topological polar surface area (TPSA) is 69.9 Å². The fourth-order valence-electron chi connectivity index (χ4n) is 2.81. The first-order valence-corrected chi connectivity index (χ1v) is 6.82. The number of likely N-dealkylation sites (tertiary alicyclic amines) is 1. The van der Waals surface area contributed by atoms with Crippen molar-refractivity contribution in [1.82, 2.24) is 4.90 Å². The second kappa shape index (κ2) is 6.19. The third-order valence-electron chi connectivity index (χ3n) is 4.01. The van der Waals surface area contributed by atoms with E-state index in [1.165, 1.54) is 25.0 Å². The van der Waals surface area contributed by atoms with Crippen molar-refractivity contribution in [3.63, 3.8) is 0 Å². The molecular weight excluding hydrogens is 258 g/mol. The lowest BCUT2D eigenvalue weighted by Crippen LogP contribution is -2.37. The summed E-state index contributed by atoms with van der Waals surface area (Å²) >= 11 is 0. The van der Waals surface area contributed by atoms with Gasteiger partial charge in [0.05, 0.1) is 11.5 Å². The van der Waals surface area contributed by atoms with Gasteiger partial charge >= 0.3 is 0 Å². The number of nitro groups is 1. The number of aliphatic hydroxyl groups excluding tert-OH is 1. The van der Waals surface area contributed by atoms with Crippen molar-refractivity contribution in [2.75, 3.05) is 32.1 Å². The number of non-ortho nitro benzene ring substituents is 1. The molecule has 0 bridgehead atoms. The Morgan fingerprint density at radius 2 is 2.30 bits per heavy atom. The first-order chi connectivity index (χ1) is 9.52. The van der Waals surface area contributed by atoms with Crippen LogP contribution in [-0.4, -0.2) is 48.2 Å². The van der Waals surface area contributed by atoms with Crippen molar-refractivity contribution in [1.29, 1.82) is 0 Å². The zero-order valence-corrected chi connectivity index (χ0v) is 12.0. The number of nitrogens with zero attached hydrogens (tertiary/aromatic N) is 3. The maximum Gasteiger partial charge on any atom is 0.269 e. The molecular formula is C14H21N3O3. The van der Waals surface area contributed by atoms with Crippen LogP contribution >= 0.6 is 0 Å². The Hall–Kier alpha value is -1.66. The van der Waals surface area contributed by atoms with Crippen molar-refractivity contribution in [2.45, 2.75) is 25.5 Å². The quantitative estimate of drug-likeness (QED) is 0.655. The van der Waals surface area contributed by atoms with Gasteiger partial charge in [-0.2, -0.15) is 0 Å².